The molecule has 0 aliphatic heterocycles. The van der Waals surface area contributed by atoms with Crippen molar-refractivity contribution in [2.75, 3.05) is 13.2 Å². The van der Waals surface area contributed by atoms with E-state index in [0.717, 1.165) is 0 Å². The zero-order valence-electron chi connectivity index (χ0n) is 12.1. The van der Waals surface area contributed by atoms with Gasteiger partial charge in [0, 0.05) is 12.6 Å². The Morgan fingerprint density at radius 2 is 2.10 bits per heavy atom. The maximum Gasteiger partial charge on any atom is 0.272 e. The predicted octanol–water partition coefficient (Wildman–Crippen LogP) is 2.01. The number of hydrogen-bond acceptors (Lipinski definition) is 4. The Bertz CT molecular complexity index is 465. The van der Waals surface area contributed by atoms with Crippen LogP contribution in [0.5, 0.6) is 5.88 Å². The highest BCUT2D eigenvalue weighted by molar-refractivity contribution is 5.92. The number of ether oxygens (including phenoxy) is 1. The molecular formula is C14H20F2N2O3. The van der Waals surface area contributed by atoms with Crippen LogP contribution in [0.15, 0.2) is 18.2 Å². The Kier molecular flexibility index (Phi) is 6.48. The molecule has 1 aromatic rings. The fourth-order valence-electron chi connectivity index (χ4n) is 1.61. The molecule has 0 unspecified atom stereocenters. The highest BCUT2D eigenvalue weighted by atomic mass is 19.3. The summed E-state index contributed by atoms with van der Waals surface area (Å²) in [5.41, 5.74) is -0.907. The topological polar surface area (TPSA) is 71.5 Å². The Hall–Kier alpha value is -1.76. The predicted molar refractivity (Wildman–Crippen MR) is 73.6 cm³/mol. The molecule has 0 radical (unpaired) electrons. The van der Waals surface area contributed by atoms with Gasteiger partial charge in [0.15, 0.2) is 6.61 Å². The van der Waals surface area contributed by atoms with E-state index in [0.29, 0.717) is 12.8 Å². The van der Waals surface area contributed by atoms with E-state index in [1.54, 1.807) is 0 Å². The van der Waals surface area contributed by atoms with Crippen molar-refractivity contribution in [2.45, 2.75) is 38.7 Å². The summed E-state index contributed by atoms with van der Waals surface area (Å²) in [5, 5.41) is 12.7. The molecule has 2 N–H and O–H groups in total. The number of hydrogen-bond donors (Lipinski definition) is 2. The van der Waals surface area contributed by atoms with E-state index in [4.69, 9.17) is 4.74 Å². The summed E-state index contributed by atoms with van der Waals surface area (Å²) in [6, 6.07) is 4.34. The van der Waals surface area contributed by atoms with E-state index in [1.165, 1.54) is 18.2 Å². The maximum absolute atomic E-state index is 12.0. The second kappa shape index (κ2) is 7.87. The van der Waals surface area contributed by atoms with Gasteiger partial charge in [0.2, 0.25) is 5.88 Å². The molecule has 1 amide bonds. The lowest BCUT2D eigenvalue weighted by Gasteiger charge is -2.25. The van der Waals surface area contributed by atoms with E-state index in [2.05, 4.69) is 10.3 Å². The molecule has 0 saturated carbocycles. The van der Waals surface area contributed by atoms with Crippen LogP contribution in [0.25, 0.3) is 0 Å². The van der Waals surface area contributed by atoms with E-state index in [-0.39, 0.29) is 18.1 Å². The molecule has 0 saturated heterocycles. The normalized spacial score (nSPS) is 11.5. The number of carbonyl (C=O) groups excluding carboxylic acids is 1. The minimum Gasteiger partial charge on any atom is -0.472 e. The monoisotopic (exact) mass is 302 g/mol. The SMILES string of the molecule is CCC(O)(CC)CNC(=O)c1cccc(OCC(F)F)n1. The van der Waals surface area contributed by atoms with Gasteiger partial charge in [-0.25, -0.2) is 13.8 Å². The lowest BCUT2D eigenvalue weighted by molar-refractivity contribution is 0.0313. The molecule has 21 heavy (non-hydrogen) atoms. The zero-order valence-corrected chi connectivity index (χ0v) is 12.1. The molecule has 118 valence electrons. The Labute approximate surface area is 122 Å². The number of halogens is 2. The van der Waals surface area contributed by atoms with Crippen LogP contribution >= 0.6 is 0 Å². The van der Waals surface area contributed by atoms with Gasteiger partial charge in [0.25, 0.3) is 12.3 Å². The van der Waals surface area contributed by atoms with Gasteiger partial charge < -0.3 is 15.2 Å². The van der Waals surface area contributed by atoms with Crippen molar-refractivity contribution in [3.8, 4) is 5.88 Å². The summed E-state index contributed by atoms with van der Waals surface area (Å²) in [5.74, 6) is -0.526. The third kappa shape index (κ3) is 5.63. The minimum absolute atomic E-state index is 0.0378. The van der Waals surface area contributed by atoms with Crippen molar-refractivity contribution in [2.24, 2.45) is 0 Å². The smallest absolute Gasteiger partial charge is 0.272 e. The van der Waals surface area contributed by atoms with Gasteiger partial charge in [-0.15, -0.1) is 0 Å². The Balaban J connectivity index is 2.64. The first kappa shape index (κ1) is 17.3. The molecule has 0 aliphatic rings. The van der Waals surface area contributed by atoms with Crippen molar-refractivity contribution in [3.63, 3.8) is 0 Å². The van der Waals surface area contributed by atoms with Crippen LogP contribution in [0.3, 0.4) is 0 Å². The number of aromatic nitrogens is 1. The van der Waals surface area contributed by atoms with Gasteiger partial charge in [0.05, 0.1) is 5.60 Å². The van der Waals surface area contributed by atoms with E-state index in [1.807, 2.05) is 13.8 Å². The first-order chi connectivity index (χ1) is 9.90. The molecule has 1 aromatic heterocycles. The van der Waals surface area contributed by atoms with E-state index >= 15 is 0 Å². The summed E-state index contributed by atoms with van der Waals surface area (Å²) >= 11 is 0. The third-order valence-electron chi connectivity index (χ3n) is 3.21. The highest BCUT2D eigenvalue weighted by Crippen LogP contribution is 2.13. The van der Waals surface area contributed by atoms with Gasteiger partial charge in [-0.1, -0.05) is 19.9 Å². The van der Waals surface area contributed by atoms with Crippen LogP contribution in [-0.4, -0.2) is 41.2 Å². The number of rotatable bonds is 8. The first-order valence-corrected chi connectivity index (χ1v) is 6.78. The number of aliphatic hydroxyl groups is 1. The number of pyridine rings is 1. The molecule has 1 rings (SSSR count). The van der Waals surface area contributed by atoms with Gasteiger partial charge in [-0.05, 0) is 18.9 Å². The van der Waals surface area contributed by atoms with Crippen LogP contribution in [-0.2, 0) is 0 Å². The molecule has 5 nitrogen and oxygen atoms in total. The van der Waals surface area contributed by atoms with Crippen LogP contribution in [0.2, 0.25) is 0 Å². The van der Waals surface area contributed by atoms with Crippen LogP contribution < -0.4 is 10.1 Å². The van der Waals surface area contributed by atoms with Gasteiger partial charge >= 0.3 is 0 Å². The van der Waals surface area contributed by atoms with E-state index in [9.17, 15) is 18.7 Å². The van der Waals surface area contributed by atoms with Crippen molar-refractivity contribution in [3.05, 3.63) is 23.9 Å². The largest absolute Gasteiger partial charge is 0.472 e. The van der Waals surface area contributed by atoms with Crippen molar-refractivity contribution < 1.29 is 23.4 Å². The molecule has 0 aromatic carbocycles. The summed E-state index contributed by atoms with van der Waals surface area (Å²) in [6.45, 7) is 2.98. The Morgan fingerprint density at radius 1 is 1.43 bits per heavy atom. The fraction of sp³-hybridized carbons (Fsp3) is 0.571. The highest BCUT2D eigenvalue weighted by Gasteiger charge is 2.23. The van der Waals surface area contributed by atoms with Crippen LogP contribution in [0.4, 0.5) is 8.78 Å². The number of nitrogens with zero attached hydrogens (tertiary/aromatic N) is 1. The van der Waals surface area contributed by atoms with Crippen molar-refractivity contribution in [1.82, 2.24) is 10.3 Å². The molecule has 1 heterocycles. The summed E-state index contributed by atoms with van der Waals surface area (Å²) in [6.07, 6.45) is -1.59. The zero-order chi connectivity index (χ0) is 15.9. The molecule has 0 bridgehead atoms. The molecule has 0 spiro atoms. The summed E-state index contributed by atoms with van der Waals surface area (Å²) in [7, 11) is 0. The molecule has 7 heteroatoms. The summed E-state index contributed by atoms with van der Waals surface area (Å²) < 4.78 is 28.9. The van der Waals surface area contributed by atoms with Crippen molar-refractivity contribution in [1.29, 1.82) is 0 Å². The number of alkyl halides is 2. The van der Waals surface area contributed by atoms with Crippen LogP contribution in [0.1, 0.15) is 37.2 Å². The average Bonchev–Trinajstić information content (AvgIpc) is 2.50. The Morgan fingerprint density at radius 3 is 2.67 bits per heavy atom. The van der Waals surface area contributed by atoms with Gasteiger partial charge in [0.1, 0.15) is 5.69 Å². The van der Waals surface area contributed by atoms with Crippen LogP contribution in [0, 0.1) is 0 Å². The number of amides is 1. The second-order valence-electron chi connectivity index (χ2n) is 4.68. The molecular weight excluding hydrogens is 282 g/mol. The first-order valence-electron chi connectivity index (χ1n) is 6.78. The van der Waals surface area contributed by atoms with Gasteiger partial charge in [-0.3, -0.25) is 4.79 Å². The maximum atomic E-state index is 12.0. The summed E-state index contributed by atoms with van der Waals surface area (Å²) in [4.78, 5) is 15.8. The molecule has 0 aliphatic carbocycles. The lowest BCUT2D eigenvalue weighted by atomic mass is 9.97. The van der Waals surface area contributed by atoms with E-state index < -0.39 is 24.5 Å². The van der Waals surface area contributed by atoms with Crippen molar-refractivity contribution >= 4 is 5.91 Å². The molecule has 0 fully saturated rings. The molecule has 0 atom stereocenters. The second-order valence-corrected chi connectivity index (χ2v) is 4.68. The number of nitrogens with one attached hydrogen (secondary N) is 1. The van der Waals surface area contributed by atoms with Gasteiger partial charge in [-0.2, -0.15) is 0 Å². The third-order valence-corrected chi connectivity index (χ3v) is 3.21. The standard InChI is InChI=1S/C14H20F2N2O3/c1-3-14(20,4-2)9-17-13(19)10-6-5-7-12(18-10)21-8-11(15)16/h5-7,11,20H,3-4,8-9H2,1-2H3,(H,17,19). The number of carbonyl (C=O) groups is 1. The average molecular weight is 302 g/mol. The minimum atomic E-state index is -2.60. The lowest BCUT2D eigenvalue weighted by Crippen LogP contribution is -2.42. The quantitative estimate of drug-likeness (QED) is 0.770. The fourth-order valence-corrected chi connectivity index (χ4v) is 1.61.